The van der Waals surface area contributed by atoms with Crippen LogP contribution in [0.3, 0.4) is 0 Å². The summed E-state index contributed by atoms with van der Waals surface area (Å²) in [5.41, 5.74) is 0.857. The van der Waals surface area contributed by atoms with E-state index in [9.17, 15) is 28.8 Å². The van der Waals surface area contributed by atoms with Crippen LogP contribution in [0.2, 0.25) is 0 Å². The van der Waals surface area contributed by atoms with E-state index in [0.717, 1.165) is 0 Å². The third kappa shape index (κ3) is 17.3. The van der Waals surface area contributed by atoms with Gasteiger partial charge in [-0.1, -0.05) is 72.8 Å². The Bertz CT molecular complexity index is 1870. The standard InChI is InChI=1S/C48H62N8O8/c1-47(2,3)63-45(61)53(35-21-31-49-41(57)51-43(59)55(37-23-11-7-12-24-37)38-25-13-8-14-26-38)33-19-20-34-54(46(62)64-48(4,5)6)36-22-32-50-42(58)52-44(60)56(39-27-15-9-16-28-39)40-29-17-10-18-30-40/h7-18,23-30H,19-22,31-36H2,1-6H3,(H2,49,51,57,59)(H2,50,52,58,60). The monoisotopic (exact) mass is 878 g/mol. The topological polar surface area (TPSA) is 182 Å². The van der Waals surface area contributed by atoms with E-state index in [1.54, 1.807) is 148 Å². The predicted molar refractivity (Wildman–Crippen MR) is 248 cm³/mol. The fourth-order valence-electron chi connectivity index (χ4n) is 6.26. The number of urea groups is 4. The summed E-state index contributed by atoms with van der Waals surface area (Å²) in [5, 5.41) is 10.2. The molecule has 0 fully saturated rings. The van der Waals surface area contributed by atoms with Crippen molar-refractivity contribution in [3.63, 3.8) is 0 Å². The molecule has 0 bridgehead atoms. The molecule has 10 amide bonds. The highest BCUT2D eigenvalue weighted by atomic mass is 16.6. The molecule has 0 radical (unpaired) electrons. The van der Waals surface area contributed by atoms with Gasteiger partial charge in [0.15, 0.2) is 0 Å². The number of carbonyl (C=O) groups is 6. The Kier molecular flexibility index (Phi) is 19.0. The van der Waals surface area contributed by atoms with Gasteiger partial charge < -0.3 is 29.9 Å². The smallest absolute Gasteiger partial charge is 0.410 e. The van der Waals surface area contributed by atoms with Crippen LogP contribution in [0, 0.1) is 0 Å². The molecule has 0 aromatic heterocycles. The number of amides is 10. The van der Waals surface area contributed by atoms with Crippen molar-refractivity contribution >= 4 is 59.1 Å². The minimum atomic E-state index is -0.744. The van der Waals surface area contributed by atoms with E-state index in [2.05, 4.69) is 21.3 Å². The van der Waals surface area contributed by atoms with Gasteiger partial charge in [0.25, 0.3) is 0 Å². The van der Waals surface area contributed by atoms with Crippen molar-refractivity contribution < 1.29 is 38.2 Å². The summed E-state index contributed by atoms with van der Waals surface area (Å²) < 4.78 is 11.3. The Hall–Kier alpha value is -7.10. The molecule has 16 heteroatoms. The molecule has 0 heterocycles. The van der Waals surface area contributed by atoms with Crippen molar-refractivity contribution in [3.8, 4) is 0 Å². The molecule has 0 aliphatic rings. The molecule has 0 saturated heterocycles. The fraction of sp³-hybridized carbons (Fsp3) is 0.375. The van der Waals surface area contributed by atoms with Crippen molar-refractivity contribution in [1.82, 2.24) is 31.1 Å². The molecule has 4 N–H and O–H groups in total. The average Bonchev–Trinajstić information content (AvgIpc) is 3.24. The highest BCUT2D eigenvalue weighted by Gasteiger charge is 2.25. The molecule has 0 saturated carbocycles. The number of anilines is 4. The van der Waals surface area contributed by atoms with Gasteiger partial charge in [-0.3, -0.25) is 20.4 Å². The van der Waals surface area contributed by atoms with Gasteiger partial charge >= 0.3 is 36.3 Å². The highest BCUT2D eigenvalue weighted by molar-refractivity contribution is 6.07. The second-order valence-electron chi connectivity index (χ2n) is 16.7. The molecular formula is C48H62N8O8. The molecule has 342 valence electrons. The number of nitrogens with zero attached hydrogens (tertiary/aromatic N) is 4. The zero-order valence-electron chi connectivity index (χ0n) is 37.7. The van der Waals surface area contributed by atoms with Crippen LogP contribution in [-0.2, 0) is 9.47 Å². The SMILES string of the molecule is CC(C)(C)OC(=O)N(CCCCN(CCCNC(=O)NC(=O)N(c1ccccc1)c1ccccc1)C(=O)OC(C)(C)C)CCCNC(=O)NC(=O)N(c1ccccc1)c1ccccc1. The normalized spacial score (nSPS) is 11.0. The largest absolute Gasteiger partial charge is 0.444 e. The molecule has 16 nitrogen and oxygen atoms in total. The van der Waals surface area contributed by atoms with E-state index in [-0.39, 0.29) is 26.2 Å². The highest BCUT2D eigenvalue weighted by Crippen LogP contribution is 2.26. The number of hydrogen-bond donors (Lipinski definition) is 4. The van der Waals surface area contributed by atoms with Crippen LogP contribution in [0.1, 0.15) is 67.2 Å². The van der Waals surface area contributed by atoms with Crippen LogP contribution in [0.25, 0.3) is 0 Å². The van der Waals surface area contributed by atoms with Gasteiger partial charge in [-0.25, -0.2) is 28.8 Å². The van der Waals surface area contributed by atoms with E-state index in [1.165, 1.54) is 9.80 Å². The van der Waals surface area contributed by atoms with Gasteiger partial charge in [-0.2, -0.15) is 0 Å². The first-order valence-electron chi connectivity index (χ1n) is 21.4. The second-order valence-corrected chi connectivity index (χ2v) is 16.7. The Morgan fingerprint density at radius 3 is 0.953 bits per heavy atom. The van der Waals surface area contributed by atoms with Crippen LogP contribution in [-0.4, -0.2) is 96.6 Å². The van der Waals surface area contributed by atoms with Crippen molar-refractivity contribution in [3.05, 3.63) is 121 Å². The van der Waals surface area contributed by atoms with Gasteiger partial charge in [0.1, 0.15) is 11.2 Å². The Labute approximate surface area is 376 Å². The Balaban J connectivity index is 1.27. The van der Waals surface area contributed by atoms with Gasteiger partial charge in [0.05, 0.1) is 22.7 Å². The molecule has 4 aromatic rings. The minimum Gasteiger partial charge on any atom is -0.444 e. The molecule has 0 spiro atoms. The third-order valence-electron chi connectivity index (χ3n) is 9.09. The third-order valence-corrected chi connectivity index (χ3v) is 9.09. The molecule has 0 atom stereocenters. The zero-order valence-corrected chi connectivity index (χ0v) is 37.7. The first-order chi connectivity index (χ1) is 30.5. The summed E-state index contributed by atoms with van der Waals surface area (Å²) in [6, 6.07) is 33.3. The lowest BCUT2D eigenvalue weighted by Crippen LogP contribution is -2.46. The van der Waals surface area contributed by atoms with E-state index in [4.69, 9.17) is 9.47 Å². The lowest BCUT2D eigenvalue weighted by Gasteiger charge is -2.29. The first kappa shape index (κ1) is 49.6. The van der Waals surface area contributed by atoms with Crippen molar-refractivity contribution in [1.29, 1.82) is 0 Å². The molecule has 64 heavy (non-hydrogen) atoms. The van der Waals surface area contributed by atoms with Crippen molar-refractivity contribution in [2.24, 2.45) is 0 Å². The lowest BCUT2D eigenvalue weighted by atomic mass is 10.2. The van der Waals surface area contributed by atoms with Gasteiger partial charge in [0.2, 0.25) is 0 Å². The molecule has 0 aliphatic carbocycles. The zero-order chi connectivity index (χ0) is 46.5. The van der Waals surface area contributed by atoms with Crippen LogP contribution in [0.5, 0.6) is 0 Å². The molecule has 4 aromatic carbocycles. The van der Waals surface area contributed by atoms with Crippen molar-refractivity contribution in [2.45, 2.75) is 78.4 Å². The number of nitrogens with one attached hydrogen (secondary N) is 4. The molecular weight excluding hydrogens is 817 g/mol. The first-order valence-corrected chi connectivity index (χ1v) is 21.4. The maximum atomic E-state index is 13.3. The van der Waals surface area contributed by atoms with Crippen LogP contribution >= 0.6 is 0 Å². The Morgan fingerprint density at radius 2 is 0.688 bits per heavy atom. The fourth-order valence-corrected chi connectivity index (χ4v) is 6.26. The van der Waals surface area contributed by atoms with Crippen LogP contribution in [0.15, 0.2) is 121 Å². The number of benzene rings is 4. The number of rotatable bonds is 17. The number of ether oxygens (including phenoxy) is 2. The number of para-hydroxylation sites is 4. The molecule has 4 rings (SSSR count). The minimum absolute atomic E-state index is 0.167. The number of imide groups is 2. The predicted octanol–water partition coefficient (Wildman–Crippen LogP) is 9.54. The van der Waals surface area contributed by atoms with E-state index in [0.29, 0.717) is 61.5 Å². The number of unbranched alkanes of at least 4 members (excludes halogenated alkanes) is 1. The maximum absolute atomic E-state index is 13.3. The quantitative estimate of drug-likeness (QED) is 0.0757. The summed E-state index contributed by atoms with van der Waals surface area (Å²) in [6.07, 6.45) is 0.728. The summed E-state index contributed by atoms with van der Waals surface area (Å²) in [7, 11) is 0. The maximum Gasteiger partial charge on any atom is 0.410 e. The van der Waals surface area contributed by atoms with E-state index < -0.39 is 47.5 Å². The summed E-state index contributed by atoms with van der Waals surface area (Å²) in [4.78, 5) is 84.7. The molecule has 0 aliphatic heterocycles. The second kappa shape index (κ2) is 24.5. The van der Waals surface area contributed by atoms with Gasteiger partial charge in [-0.15, -0.1) is 0 Å². The molecule has 0 unspecified atom stereocenters. The van der Waals surface area contributed by atoms with Crippen molar-refractivity contribution in [2.75, 3.05) is 49.1 Å². The summed E-state index contributed by atoms with van der Waals surface area (Å²) in [6.45, 7) is 12.1. The summed E-state index contributed by atoms with van der Waals surface area (Å²) >= 11 is 0. The number of carbonyl (C=O) groups excluding carboxylic acids is 6. The van der Waals surface area contributed by atoms with Crippen LogP contribution < -0.4 is 31.1 Å². The average molecular weight is 879 g/mol. The summed E-state index contributed by atoms with van der Waals surface area (Å²) in [5.74, 6) is 0. The van der Waals surface area contributed by atoms with Gasteiger partial charge in [0, 0.05) is 39.3 Å². The lowest BCUT2D eigenvalue weighted by molar-refractivity contribution is 0.0208. The Morgan fingerprint density at radius 1 is 0.422 bits per heavy atom. The number of hydrogen-bond acceptors (Lipinski definition) is 8. The van der Waals surface area contributed by atoms with Crippen LogP contribution in [0.4, 0.5) is 51.5 Å². The van der Waals surface area contributed by atoms with Gasteiger partial charge in [-0.05, 0) is 116 Å². The van der Waals surface area contributed by atoms with E-state index in [1.807, 2.05) is 24.3 Å². The van der Waals surface area contributed by atoms with E-state index >= 15 is 0 Å².